The maximum absolute atomic E-state index is 12.1. The van der Waals surface area contributed by atoms with Gasteiger partial charge in [-0.25, -0.2) is 0 Å². The van der Waals surface area contributed by atoms with Crippen molar-refractivity contribution < 1.29 is 4.73 Å². The zero-order valence-electron chi connectivity index (χ0n) is 11.4. The van der Waals surface area contributed by atoms with Crippen LogP contribution in [0.25, 0.3) is 5.57 Å². The van der Waals surface area contributed by atoms with Crippen LogP contribution in [0.5, 0.6) is 0 Å². The van der Waals surface area contributed by atoms with Crippen LogP contribution < -0.4 is 4.73 Å². The van der Waals surface area contributed by atoms with E-state index in [1.807, 2.05) is 26.0 Å². The molecule has 0 spiro atoms. The molecule has 0 unspecified atom stereocenters. The maximum Gasteiger partial charge on any atom is 0.219 e. The van der Waals surface area contributed by atoms with Gasteiger partial charge in [-0.2, -0.15) is 4.73 Å². The summed E-state index contributed by atoms with van der Waals surface area (Å²) in [4.78, 5) is 0. The van der Waals surface area contributed by atoms with Crippen molar-refractivity contribution in [3.05, 3.63) is 40.4 Å². The standard InChI is InChI=1S/C15H23NO/c1-5-7-9-14(8-6-2)15-11-10-12(3)13(4)16(15)17/h9-11H,5-8H2,1-4H3/b14-9+. The Balaban J connectivity index is 3.14. The first-order valence-corrected chi connectivity index (χ1v) is 6.51. The maximum atomic E-state index is 12.1. The molecule has 2 nitrogen and oxygen atoms in total. The third-order valence-electron chi connectivity index (χ3n) is 3.11. The number of aryl methyl sites for hydroxylation is 1. The summed E-state index contributed by atoms with van der Waals surface area (Å²) in [6.07, 6.45) is 6.42. The van der Waals surface area contributed by atoms with Crippen molar-refractivity contribution in [3.63, 3.8) is 0 Å². The van der Waals surface area contributed by atoms with Gasteiger partial charge < -0.3 is 5.21 Å². The van der Waals surface area contributed by atoms with Crippen LogP contribution in [0.1, 0.15) is 56.5 Å². The highest BCUT2D eigenvalue weighted by molar-refractivity contribution is 5.60. The zero-order chi connectivity index (χ0) is 12.8. The fourth-order valence-electron chi connectivity index (χ4n) is 1.89. The molecule has 0 atom stereocenters. The number of hydrogen-bond donors (Lipinski definition) is 0. The van der Waals surface area contributed by atoms with E-state index in [9.17, 15) is 5.21 Å². The van der Waals surface area contributed by atoms with Crippen LogP contribution in [0, 0.1) is 19.1 Å². The SMILES string of the molecule is CCC/C=C(\CCC)c1ccc(C)c(C)[n+]1[O-]. The van der Waals surface area contributed by atoms with Gasteiger partial charge in [-0.05, 0) is 25.8 Å². The second kappa shape index (κ2) is 6.43. The molecule has 1 rings (SSSR count). The van der Waals surface area contributed by atoms with Crippen LogP contribution in [-0.4, -0.2) is 0 Å². The smallest absolute Gasteiger partial charge is 0.219 e. The minimum Gasteiger partial charge on any atom is -0.618 e. The van der Waals surface area contributed by atoms with Crippen molar-refractivity contribution in [3.8, 4) is 0 Å². The molecule has 0 N–H and O–H groups in total. The van der Waals surface area contributed by atoms with E-state index in [1.165, 1.54) is 5.57 Å². The fourth-order valence-corrected chi connectivity index (χ4v) is 1.89. The Morgan fingerprint density at radius 2 is 1.94 bits per heavy atom. The Morgan fingerprint density at radius 3 is 2.53 bits per heavy atom. The molecular weight excluding hydrogens is 210 g/mol. The largest absolute Gasteiger partial charge is 0.618 e. The van der Waals surface area contributed by atoms with E-state index in [-0.39, 0.29) is 0 Å². The number of aromatic nitrogens is 1. The summed E-state index contributed by atoms with van der Waals surface area (Å²) < 4.78 is 1.08. The van der Waals surface area contributed by atoms with Crippen LogP contribution >= 0.6 is 0 Å². The second-order valence-corrected chi connectivity index (χ2v) is 4.55. The summed E-state index contributed by atoms with van der Waals surface area (Å²) in [6, 6.07) is 3.99. The highest BCUT2D eigenvalue weighted by Crippen LogP contribution is 2.19. The molecule has 17 heavy (non-hydrogen) atoms. The molecule has 0 aromatic carbocycles. The van der Waals surface area contributed by atoms with Gasteiger partial charge in [-0.3, -0.25) is 0 Å². The fraction of sp³-hybridized carbons (Fsp3) is 0.533. The van der Waals surface area contributed by atoms with Crippen LogP contribution in [-0.2, 0) is 0 Å². The minimum absolute atomic E-state index is 0.806. The van der Waals surface area contributed by atoms with Crippen LogP contribution in [0.2, 0.25) is 0 Å². The van der Waals surface area contributed by atoms with E-state index < -0.39 is 0 Å². The van der Waals surface area contributed by atoms with Gasteiger partial charge in [-0.15, -0.1) is 0 Å². The number of nitrogens with zero attached hydrogens (tertiary/aromatic N) is 1. The Bertz CT molecular complexity index is 408. The Kier molecular flexibility index (Phi) is 5.20. The summed E-state index contributed by atoms with van der Waals surface area (Å²) in [6.45, 7) is 8.17. The Morgan fingerprint density at radius 1 is 1.24 bits per heavy atom. The molecule has 0 saturated carbocycles. The first-order valence-electron chi connectivity index (χ1n) is 6.51. The van der Waals surface area contributed by atoms with Crippen molar-refractivity contribution in [2.75, 3.05) is 0 Å². The molecule has 1 heterocycles. The van der Waals surface area contributed by atoms with E-state index in [1.54, 1.807) is 0 Å². The van der Waals surface area contributed by atoms with Gasteiger partial charge >= 0.3 is 0 Å². The third-order valence-corrected chi connectivity index (χ3v) is 3.11. The molecule has 0 radical (unpaired) electrons. The topological polar surface area (TPSA) is 26.9 Å². The van der Waals surface area contributed by atoms with Gasteiger partial charge in [0, 0.05) is 24.1 Å². The lowest BCUT2D eigenvalue weighted by molar-refractivity contribution is -0.615. The molecule has 0 saturated heterocycles. The van der Waals surface area contributed by atoms with Crippen molar-refractivity contribution in [1.82, 2.24) is 0 Å². The molecule has 0 amide bonds. The average Bonchev–Trinajstić information content (AvgIpc) is 2.32. The lowest BCUT2D eigenvalue weighted by atomic mass is 10.0. The molecular formula is C15H23NO. The molecule has 0 bridgehead atoms. The van der Waals surface area contributed by atoms with Crippen molar-refractivity contribution in [1.29, 1.82) is 0 Å². The summed E-state index contributed by atoms with van der Waals surface area (Å²) in [5.74, 6) is 0. The molecule has 2 heteroatoms. The number of hydrogen-bond acceptors (Lipinski definition) is 1. The van der Waals surface area contributed by atoms with E-state index in [0.717, 1.165) is 47.4 Å². The van der Waals surface area contributed by atoms with Crippen LogP contribution in [0.4, 0.5) is 0 Å². The predicted molar refractivity (Wildman–Crippen MR) is 72.7 cm³/mol. The number of unbranched alkanes of at least 4 members (excludes halogenated alkanes) is 1. The molecule has 1 aromatic heterocycles. The van der Waals surface area contributed by atoms with Gasteiger partial charge in [0.05, 0.1) is 0 Å². The predicted octanol–water partition coefficient (Wildman–Crippen LogP) is 3.92. The molecule has 0 aliphatic heterocycles. The molecule has 0 aliphatic carbocycles. The van der Waals surface area contributed by atoms with Gasteiger partial charge in [0.15, 0.2) is 5.69 Å². The number of rotatable bonds is 5. The van der Waals surface area contributed by atoms with Gasteiger partial charge in [0.1, 0.15) is 0 Å². The van der Waals surface area contributed by atoms with Gasteiger partial charge in [0.25, 0.3) is 0 Å². The van der Waals surface area contributed by atoms with Crippen LogP contribution in [0.15, 0.2) is 18.2 Å². The first kappa shape index (κ1) is 13.8. The second-order valence-electron chi connectivity index (χ2n) is 4.55. The summed E-state index contributed by atoms with van der Waals surface area (Å²) in [7, 11) is 0. The number of allylic oxidation sites excluding steroid dienone is 2. The van der Waals surface area contributed by atoms with E-state index in [2.05, 4.69) is 19.9 Å². The Hall–Kier alpha value is -1.31. The van der Waals surface area contributed by atoms with Crippen molar-refractivity contribution in [2.45, 2.75) is 53.4 Å². The number of pyridine rings is 1. The zero-order valence-corrected chi connectivity index (χ0v) is 11.4. The van der Waals surface area contributed by atoms with E-state index >= 15 is 0 Å². The third kappa shape index (κ3) is 3.32. The Labute approximate surface area is 105 Å². The lowest BCUT2D eigenvalue weighted by Gasteiger charge is -2.11. The van der Waals surface area contributed by atoms with Crippen LogP contribution in [0.3, 0.4) is 0 Å². The lowest BCUT2D eigenvalue weighted by Crippen LogP contribution is -2.35. The molecule has 0 fully saturated rings. The monoisotopic (exact) mass is 233 g/mol. The average molecular weight is 233 g/mol. The van der Waals surface area contributed by atoms with Crippen molar-refractivity contribution in [2.24, 2.45) is 0 Å². The van der Waals surface area contributed by atoms with E-state index in [4.69, 9.17) is 0 Å². The normalized spacial score (nSPS) is 11.9. The highest BCUT2D eigenvalue weighted by atomic mass is 16.5. The van der Waals surface area contributed by atoms with E-state index in [0.29, 0.717) is 0 Å². The van der Waals surface area contributed by atoms with Crippen molar-refractivity contribution >= 4 is 5.57 Å². The molecule has 1 aromatic rings. The summed E-state index contributed by atoms with van der Waals surface area (Å²) >= 11 is 0. The van der Waals surface area contributed by atoms with Gasteiger partial charge in [-0.1, -0.05) is 32.8 Å². The first-order chi connectivity index (χ1) is 8.11. The summed E-state index contributed by atoms with van der Waals surface area (Å²) in [5, 5.41) is 12.1. The minimum atomic E-state index is 0.806. The quantitative estimate of drug-likeness (QED) is 0.559. The molecule has 0 aliphatic rings. The summed E-state index contributed by atoms with van der Waals surface area (Å²) in [5.41, 5.74) is 3.87. The molecule has 94 valence electrons. The van der Waals surface area contributed by atoms with Gasteiger partial charge in [0.2, 0.25) is 5.69 Å². The highest BCUT2D eigenvalue weighted by Gasteiger charge is 2.14.